The van der Waals surface area contributed by atoms with Crippen molar-refractivity contribution in [1.82, 2.24) is 5.32 Å². The Balaban J connectivity index is 1.90. The summed E-state index contributed by atoms with van der Waals surface area (Å²) in [4.78, 5) is 12.1. The quantitative estimate of drug-likeness (QED) is 0.878. The fourth-order valence-corrected chi connectivity index (χ4v) is 2.28. The third kappa shape index (κ3) is 4.65. The van der Waals surface area contributed by atoms with E-state index in [4.69, 9.17) is 27.9 Å². The molecule has 0 spiro atoms. The summed E-state index contributed by atoms with van der Waals surface area (Å²) in [6, 6.07) is 12.6. The lowest BCUT2D eigenvalue weighted by Gasteiger charge is -2.16. The molecule has 0 aliphatic carbocycles. The van der Waals surface area contributed by atoms with Gasteiger partial charge >= 0.3 is 0 Å². The minimum absolute atomic E-state index is 0.177. The van der Waals surface area contributed by atoms with Gasteiger partial charge in [0.25, 0.3) is 5.91 Å². The van der Waals surface area contributed by atoms with Gasteiger partial charge in [-0.05, 0) is 55.3 Å². The van der Waals surface area contributed by atoms with Crippen molar-refractivity contribution in [1.29, 1.82) is 0 Å². The molecule has 1 amide bonds. The van der Waals surface area contributed by atoms with E-state index in [1.807, 2.05) is 19.1 Å². The molecule has 0 aliphatic heterocycles. The van der Waals surface area contributed by atoms with Crippen LogP contribution in [-0.4, -0.2) is 12.0 Å². The van der Waals surface area contributed by atoms with Crippen LogP contribution in [0.3, 0.4) is 0 Å². The predicted octanol–water partition coefficient (Wildman–Crippen LogP) is 4.39. The van der Waals surface area contributed by atoms with Gasteiger partial charge in [0.15, 0.2) is 6.10 Å². The van der Waals surface area contributed by atoms with Crippen LogP contribution in [0.4, 0.5) is 0 Å². The molecule has 2 aromatic carbocycles. The first kappa shape index (κ1) is 16.7. The van der Waals surface area contributed by atoms with Crippen molar-refractivity contribution in [2.45, 2.75) is 26.5 Å². The van der Waals surface area contributed by atoms with Gasteiger partial charge < -0.3 is 10.1 Å². The zero-order chi connectivity index (χ0) is 16.1. The Bertz CT molecular complexity index is 656. The van der Waals surface area contributed by atoms with E-state index < -0.39 is 6.10 Å². The highest BCUT2D eigenvalue weighted by atomic mass is 35.5. The van der Waals surface area contributed by atoms with E-state index in [2.05, 4.69) is 5.32 Å². The highest BCUT2D eigenvalue weighted by molar-refractivity contribution is 6.30. The van der Waals surface area contributed by atoms with Crippen molar-refractivity contribution < 1.29 is 9.53 Å². The summed E-state index contributed by atoms with van der Waals surface area (Å²) in [6.45, 7) is 4.04. The molecule has 0 bridgehead atoms. The van der Waals surface area contributed by atoms with Crippen LogP contribution in [0.25, 0.3) is 0 Å². The van der Waals surface area contributed by atoms with Gasteiger partial charge in [-0.1, -0.05) is 35.3 Å². The van der Waals surface area contributed by atoms with Gasteiger partial charge in [-0.3, -0.25) is 4.79 Å². The Morgan fingerprint density at radius 1 is 1.14 bits per heavy atom. The number of carbonyl (C=O) groups excluding carboxylic acids is 1. The van der Waals surface area contributed by atoms with Gasteiger partial charge in [-0.2, -0.15) is 0 Å². The second kappa shape index (κ2) is 7.52. The number of rotatable bonds is 5. The second-order valence-corrected chi connectivity index (χ2v) is 5.89. The largest absolute Gasteiger partial charge is 0.481 e. The predicted molar refractivity (Wildman–Crippen MR) is 89.6 cm³/mol. The number of ether oxygens (including phenoxy) is 1. The molecule has 2 rings (SSSR count). The molecule has 3 nitrogen and oxygen atoms in total. The van der Waals surface area contributed by atoms with Gasteiger partial charge in [0, 0.05) is 16.6 Å². The van der Waals surface area contributed by atoms with Gasteiger partial charge in [0.2, 0.25) is 0 Å². The molecule has 0 fully saturated rings. The van der Waals surface area contributed by atoms with E-state index in [-0.39, 0.29) is 5.91 Å². The van der Waals surface area contributed by atoms with Crippen molar-refractivity contribution in [3.63, 3.8) is 0 Å². The van der Waals surface area contributed by atoms with E-state index in [0.29, 0.717) is 22.3 Å². The van der Waals surface area contributed by atoms with Crippen molar-refractivity contribution in [3.05, 3.63) is 63.6 Å². The molecule has 22 heavy (non-hydrogen) atoms. The van der Waals surface area contributed by atoms with E-state index >= 15 is 0 Å². The number of halogens is 2. The van der Waals surface area contributed by atoms with E-state index in [9.17, 15) is 4.79 Å². The molecule has 0 saturated heterocycles. The summed E-state index contributed by atoms with van der Waals surface area (Å²) in [6.07, 6.45) is -0.591. The van der Waals surface area contributed by atoms with Crippen molar-refractivity contribution in [2.24, 2.45) is 0 Å². The van der Waals surface area contributed by atoms with Crippen molar-refractivity contribution >= 4 is 29.1 Å². The first-order valence-corrected chi connectivity index (χ1v) is 7.66. The topological polar surface area (TPSA) is 38.3 Å². The van der Waals surface area contributed by atoms with Crippen molar-refractivity contribution in [2.75, 3.05) is 0 Å². The summed E-state index contributed by atoms with van der Waals surface area (Å²) in [5, 5.41) is 4.15. The molecule has 1 N–H and O–H groups in total. The smallest absolute Gasteiger partial charge is 0.261 e. The van der Waals surface area contributed by atoms with Crippen LogP contribution in [0.1, 0.15) is 18.1 Å². The van der Waals surface area contributed by atoms with Crippen LogP contribution in [-0.2, 0) is 11.3 Å². The van der Waals surface area contributed by atoms with Crippen molar-refractivity contribution in [3.8, 4) is 5.75 Å². The number of nitrogens with one attached hydrogen (secondary N) is 1. The normalized spacial score (nSPS) is 11.8. The molecule has 5 heteroatoms. The number of aryl methyl sites for hydroxylation is 1. The molecule has 116 valence electrons. The fraction of sp³-hybridized carbons (Fsp3) is 0.235. The second-order valence-electron chi connectivity index (χ2n) is 5.01. The van der Waals surface area contributed by atoms with E-state index in [0.717, 1.165) is 11.1 Å². The average Bonchev–Trinajstić information content (AvgIpc) is 2.49. The maximum absolute atomic E-state index is 12.1. The Labute approximate surface area is 140 Å². The molecule has 0 aromatic heterocycles. The third-order valence-corrected chi connectivity index (χ3v) is 3.68. The first-order valence-electron chi connectivity index (χ1n) is 6.90. The van der Waals surface area contributed by atoms with Gasteiger partial charge in [0.05, 0.1) is 0 Å². The molecule has 1 atom stereocenters. The zero-order valence-corrected chi connectivity index (χ0v) is 13.9. The lowest BCUT2D eigenvalue weighted by Crippen LogP contribution is -2.36. The van der Waals surface area contributed by atoms with Gasteiger partial charge in [0.1, 0.15) is 5.75 Å². The minimum Gasteiger partial charge on any atom is -0.481 e. The molecular weight excluding hydrogens is 321 g/mol. The minimum atomic E-state index is -0.591. The monoisotopic (exact) mass is 337 g/mol. The number of benzene rings is 2. The Morgan fingerprint density at radius 2 is 1.77 bits per heavy atom. The fourth-order valence-electron chi connectivity index (χ4n) is 1.92. The van der Waals surface area contributed by atoms with Crippen LogP contribution in [0.5, 0.6) is 5.75 Å². The van der Waals surface area contributed by atoms with Crippen LogP contribution in [0.2, 0.25) is 10.0 Å². The summed E-state index contributed by atoms with van der Waals surface area (Å²) in [7, 11) is 0. The van der Waals surface area contributed by atoms with Gasteiger partial charge in [-0.25, -0.2) is 0 Å². The van der Waals surface area contributed by atoms with Gasteiger partial charge in [-0.15, -0.1) is 0 Å². The average molecular weight is 338 g/mol. The zero-order valence-electron chi connectivity index (χ0n) is 12.4. The first-order chi connectivity index (χ1) is 10.5. The molecule has 0 heterocycles. The molecule has 0 saturated carbocycles. The molecule has 0 unspecified atom stereocenters. The highest BCUT2D eigenvalue weighted by Crippen LogP contribution is 2.22. The molecule has 0 aliphatic rings. The Kier molecular flexibility index (Phi) is 5.69. The summed E-state index contributed by atoms with van der Waals surface area (Å²) in [5.74, 6) is 0.475. The van der Waals surface area contributed by atoms with Crippen LogP contribution < -0.4 is 10.1 Å². The Hall–Kier alpha value is -1.71. The molecule has 2 aromatic rings. The van der Waals surface area contributed by atoms with E-state index in [1.54, 1.807) is 37.3 Å². The standard InChI is InChI=1S/C17H17Cl2NO2/c1-11-9-15(19)7-8-16(11)22-12(2)17(21)20-10-13-3-5-14(18)6-4-13/h3-9,12H,10H2,1-2H3,(H,20,21)/t12-/m0/s1. The lowest BCUT2D eigenvalue weighted by molar-refractivity contribution is -0.127. The summed E-state index contributed by atoms with van der Waals surface area (Å²) in [5.41, 5.74) is 1.87. The van der Waals surface area contributed by atoms with Crippen LogP contribution in [0.15, 0.2) is 42.5 Å². The Morgan fingerprint density at radius 3 is 2.41 bits per heavy atom. The number of hydrogen-bond acceptors (Lipinski definition) is 2. The maximum atomic E-state index is 12.1. The molecular formula is C17H17Cl2NO2. The number of carbonyl (C=O) groups is 1. The SMILES string of the molecule is Cc1cc(Cl)ccc1O[C@@H](C)C(=O)NCc1ccc(Cl)cc1. The van der Waals surface area contributed by atoms with E-state index in [1.165, 1.54) is 0 Å². The number of hydrogen-bond donors (Lipinski definition) is 1. The van der Waals surface area contributed by atoms with Crippen LogP contribution in [0, 0.1) is 6.92 Å². The summed E-state index contributed by atoms with van der Waals surface area (Å²) < 4.78 is 5.68. The highest BCUT2D eigenvalue weighted by Gasteiger charge is 2.15. The lowest BCUT2D eigenvalue weighted by atomic mass is 10.2. The third-order valence-electron chi connectivity index (χ3n) is 3.19. The number of amides is 1. The summed E-state index contributed by atoms with van der Waals surface area (Å²) >= 11 is 11.7. The van der Waals surface area contributed by atoms with Crippen LogP contribution >= 0.6 is 23.2 Å². The maximum Gasteiger partial charge on any atom is 0.261 e. The molecule has 0 radical (unpaired) electrons.